The third-order valence-electron chi connectivity index (χ3n) is 4.04. The number of amides is 1. The van der Waals surface area contributed by atoms with Gasteiger partial charge in [0, 0.05) is 26.1 Å². The molecule has 7 heteroatoms. The molecular weight excluding hydrogens is 261 g/mol. The van der Waals surface area contributed by atoms with Crippen molar-refractivity contribution >= 4 is 19.0 Å². The van der Waals surface area contributed by atoms with Gasteiger partial charge in [0.15, 0.2) is 0 Å². The molecule has 2 saturated heterocycles. The van der Waals surface area contributed by atoms with Gasteiger partial charge in [-0.3, -0.25) is 9.59 Å². The van der Waals surface area contributed by atoms with Gasteiger partial charge in [0.25, 0.3) is 5.97 Å². The van der Waals surface area contributed by atoms with Gasteiger partial charge in [-0.25, -0.2) is 0 Å². The SMILES string of the molecule is CCOB1CCCC2CN(C(=O)CCO)CC2C(=O)O1. The van der Waals surface area contributed by atoms with Gasteiger partial charge in [-0.2, -0.15) is 0 Å². The number of hydrogen-bond donors (Lipinski definition) is 1. The van der Waals surface area contributed by atoms with Gasteiger partial charge in [0.05, 0.1) is 12.5 Å². The van der Waals surface area contributed by atoms with Gasteiger partial charge in [-0.05, 0) is 25.6 Å². The first-order chi connectivity index (χ1) is 9.65. The Morgan fingerprint density at radius 2 is 2.35 bits per heavy atom. The topological polar surface area (TPSA) is 76.1 Å². The fraction of sp³-hybridized carbons (Fsp3) is 0.846. The molecule has 0 aromatic heterocycles. The highest BCUT2D eigenvalue weighted by Gasteiger charge is 2.42. The Morgan fingerprint density at radius 1 is 1.55 bits per heavy atom. The lowest BCUT2D eigenvalue weighted by Crippen LogP contribution is -2.35. The maximum absolute atomic E-state index is 12.2. The Kier molecular flexibility index (Phi) is 5.42. The molecular formula is C13H22BNO5. The van der Waals surface area contributed by atoms with Crippen molar-refractivity contribution in [1.29, 1.82) is 0 Å². The molecule has 0 radical (unpaired) electrons. The first kappa shape index (κ1) is 15.3. The van der Waals surface area contributed by atoms with Crippen molar-refractivity contribution in [3.63, 3.8) is 0 Å². The van der Waals surface area contributed by atoms with Gasteiger partial charge in [0.2, 0.25) is 5.91 Å². The average molecular weight is 283 g/mol. The van der Waals surface area contributed by atoms with Crippen molar-refractivity contribution < 1.29 is 24.0 Å². The van der Waals surface area contributed by atoms with Crippen molar-refractivity contribution in [3.8, 4) is 0 Å². The molecule has 0 bridgehead atoms. The van der Waals surface area contributed by atoms with Gasteiger partial charge >= 0.3 is 7.12 Å². The lowest BCUT2D eigenvalue weighted by atomic mass is 9.77. The third kappa shape index (κ3) is 3.52. The van der Waals surface area contributed by atoms with E-state index >= 15 is 0 Å². The van der Waals surface area contributed by atoms with E-state index < -0.39 is 7.12 Å². The number of aliphatic hydroxyl groups excluding tert-OH is 1. The Morgan fingerprint density at radius 3 is 3.05 bits per heavy atom. The highest BCUT2D eigenvalue weighted by molar-refractivity contribution is 6.46. The van der Waals surface area contributed by atoms with Gasteiger partial charge in [-0.1, -0.05) is 6.42 Å². The van der Waals surface area contributed by atoms with E-state index in [2.05, 4.69) is 0 Å². The largest absolute Gasteiger partial charge is 0.527 e. The predicted octanol–water partition coefficient (Wildman–Crippen LogP) is 0.305. The highest BCUT2D eigenvalue weighted by Crippen LogP contribution is 2.32. The zero-order chi connectivity index (χ0) is 14.5. The average Bonchev–Trinajstić information content (AvgIpc) is 2.81. The fourth-order valence-electron chi connectivity index (χ4n) is 3.01. The molecule has 2 fully saturated rings. The second-order valence-electron chi connectivity index (χ2n) is 5.39. The molecule has 112 valence electrons. The second kappa shape index (κ2) is 7.08. The minimum absolute atomic E-state index is 0.0894. The van der Waals surface area contributed by atoms with Gasteiger partial charge in [0.1, 0.15) is 0 Å². The Bertz CT molecular complexity index is 365. The molecule has 2 aliphatic heterocycles. The quantitative estimate of drug-likeness (QED) is 0.751. The maximum Gasteiger partial charge on any atom is 0.527 e. The number of nitrogens with zero attached hydrogens (tertiary/aromatic N) is 1. The standard InChI is InChI=1S/C13H22BNO5/c1-2-19-14-6-3-4-10-8-15(12(17)5-7-16)9-11(10)13(18)20-14/h10-11,16H,2-9H2,1H3. The number of aliphatic hydroxyl groups is 1. The van der Waals surface area contributed by atoms with Gasteiger partial charge < -0.3 is 19.3 Å². The minimum atomic E-state index is -0.448. The van der Waals surface area contributed by atoms with E-state index in [1.807, 2.05) is 6.92 Å². The molecule has 0 aromatic rings. The summed E-state index contributed by atoms with van der Waals surface area (Å²) in [6, 6.07) is 0. The van der Waals surface area contributed by atoms with Gasteiger partial charge in [-0.15, -0.1) is 0 Å². The molecule has 1 N–H and O–H groups in total. The van der Waals surface area contributed by atoms with Crippen LogP contribution in [0.5, 0.6) is 0 Å². The molecule has 1 amide bonds. The van der Waals surface area contributed by atoms with E-state index in [1.165, 1.54) is 0 Å². The fourth-order valence-corrected chi connectivity index (χ4v) is 3.01. The number of likely N-dealkylation sites (tertiary alicyclic amines) is 1. The Labute approximate surface area is 119 Å². The van der Waals surface area contributed by atoms with Crippen LogP contribution in [0.4, 0.5) is 0 Å². The lowest BCUT2D eigenvalue weighted by molar-refractivity contribution is -0.142. The van der Waals surface area contributed by atoms with E-state index in [-0.39, 0.29) is 36.7 Å². The molecule has 2 rings (SSSR count). The maximum atomic E-state index is 12.2. The van der Waals surface area contributed by atoms with Crippen molar-refractivity contribution in [2.45, 2.75) is 32.5 Å². The zero-order valence-electron chi connectivity index (χ0n) is 11.9. The zero-order valence-corrected chi connectivity index (χ0v) is 11.9. The van der Waals surface area contributed by atoms with Crippen LogP contribution >= 0.6 is 0 Å². The van der Waals surface area contributed by atoms with E-state index in [0.29, 0.717) is 26.0 Å². The van der Waals surface area contributed by atoms with E-state index in [4.69, 9.17) is 14.4 Å². The number of fused-ring (bicyclic) bond motifs is 1. The number of rotatable bonds is 4. The predicted molar refractivity (Wildman–Crippen MR) is 72.8 cm³/mol. The van der Waals surface area contributed by atoms with Crippen LogP contribution in [-0.4, -0.2) is 55.3 Å². The van der Waals surface area contributed by atoms with Crippen molar-refractivity contribution in [2.24, 2.45) is 11.8 Å². The summed E-state index contributed by atoms with van der Waals surface area (Å²) in [5.74, 6) is -0.422. The summed E-state index contributed by atoms with van der Waals surface area (Å²) in [5.41, 5.74) is 0. The third-order valence-corrected chi connectivity index (χ3v) is 4.04. The summed E-state index contributed by atoms with van der Waals surface area (Å²) in [5, 5.41) is 8.84. The summed E-state index contributed by atoms with van der Waals surface area (Å²) in [4.78, 5) is 25.7. The highest BCUT2D eigenvalue weighted by atomic mass is 16.6. The summed E-state index contributed by atoms with van der Waals surface area (Å²) >= 11 is 0. The van der Waals surface area contributed by atoms with Crippen molar-refractivity contribution in [2.75, 3.05) is 26.3 Å². The smallest absolute Gasteiger partial charge is 0.509 e. The first-order valence-corrected chi connectivity index (χ1v) is 7.36. The molecule has 6 nitrogen and oxygen atoms in total. The molecule has 2 atom stereocenters. The number of carbonyl (C=O) groups excluding carboxylic acids is 2. The monoisotopic (exact) mass is 283 g/mol. The molecule has 0 spiro atoms. The van der Waals surface area contributed by atoms with Crippen molar-refractivity contribution in [1.82, 2.24) is 4.90 Å². The molecule has 2 unspecified atom stereocenters. The molecule has 0 aliphatic carbocycles. The summed E-state index contributed by atoms with van der Waals surface area (Å²) in [7, 11) is -0.448. The normalized spacial score (nSPS) is 26.8. The van der Waals surface area contributed by atoms with Crippen LogP contribution in [0.25, 0.3) is 0 Å². The van der Waals surface area contributed by atoms with E-state index in [9.17, 15) is 9.59 Å². The number of hydrogen-bond acceptors (Lipinski definition) is 5. The molecule has 2 aliphatic rings. The summed E-state index contributed by atoms with van der Waals surface area (Å²) in [6.45, 7) is 3.24. The van der Waals surface area contributed by atoms with Crippen molar-refractivity contribution in [3.05, 3.63) is 0 Å². The number of carbonyl (C=O) groups is 2. The molecule has 20 heavy (non-hydrogen) atoms. The van der Waals surface area contributed by atoms with E-state index in [1.54, 1.807) is 4.90 Å². The van der Waals surface area contributed by atoms with Crippen LogP contribution in [0.2, 0.25) is 6.32 Å². The first-order valence-electron chi connectivity index (χ1n) is 7.36. The Hall–Kier alpha value is -1.08. The molecule has 0 saturated carbocycles. The van der Waals surface area contributed by atoms with Crippen LogP contribution in [0, 0.1) is 11.8 Å². The summed E-state index contributed by atoms with van der Waals surface area (Å²) in [6.07, 6.45) is 2.68. The second-order valence-corrected chi connectivity index (χ2v) is 5.39. The molecule has 0 aromatic carbocycles. The van der Waals surface area contributed by atoms with E-state index in [0.717, 1.165) is 12.8 Å². The minimum Gasteiger partial charge on any atom is -0.509 e. The lowest BCUT2D eigenvalue weighted by Gasteiger charge is -2.23. The van der Waals surface area contributed by atoms with Crippen LogP contribution in [0.1, 0.15) is 26.2 Å². The summed E-state index contributed by atoms with van der Waals surface area (Å²) < 4.78 is 10.8. The molecule has 2 heterocycles. The van der Waals surface area contributed by atoms with Crippen LogP contribution in [-0.2, 0) is 18.9 Å². The van der Waals surface area contributed by atoms with Crippen LogP contribution in [0.3, 0.4) is 0 Å². The Balaban J connectivity index is 1.98. The van der Waals surface area contributed by atoms with Crippen LogP contribution in [0.15, 0.2) is 0 Å². The van der Waals surface area contributed by atoms with Crippen LogP contribution < -0.4 is 0 Å².